The zero-order chi connectivity index (χ0) is 20.5. The molecule has 4 rings (SSSR count). The molecule has 6 nitrogen and oxygen atoms in total. The van der Waals surface area contributed by atoms with Crippen molar-refractivity contribution in [2.75, 3.05) is 11.9 Å². The minimum absolute atomic E-state index is 0.139. The van der Waals surface area contributed by atoms with E-state index in [-0.39, 0.29) is 5.57 Å². The van der Waals surface area contributed by atoms with Crippen LogP contribution < -0.4 is 4.90 Å². The third-order valence-corrected chi connectivity index (χ3v) is 5.22. The second-order valence-electron chi connectivity index (χ2n) is 6.39. The monoisotopic (exact) mass is 498 g/mol. The lowest BCUT2D eigenvalue weighted by Gasteiger charge is -2.31. The SMILES string of the molecule is CN1C(=O)/C(=C\c2ccc(-c3ccc(I)cc3)o2)C(=O)N(c2ccccc2)C1=O. The Morgan fingerprint density at radius 2 is 1.55 bits per heavy atom. The number of carbonyl (C=O) groups is 3. The molecule has 144 valence electrons. The van der Waals surface area contributed by atoms with Gasteiger partial charge in [-0.2, -0.15) is 0 Å². The van der Waals surface area contributed by atoms with Crippen LogP contribution in [0.3, 0.4) is 0 Å². The van der Waals surface area contributed by atoms with E-state index < -0.39 is 17.8 Å². The highest BCUT2D eigenvalue weighted by Crippen LogP contribution is 2.27. The Kier molecular flexibility index (Phi) is 5.06. The van der Waals surface area contributed by atoms with Crippen LogP contribution in [0.1, 0.15) is 5.76 Å². The molecule has 1 aliphatic heterocycles. The number of barbiturate groups is 1. The Morgan fingerprint density at radius 3 is 2.24 bits per heavy atom. The molecule has 0 N–H and O–H groups in total. The summed E-state index contributed by atoms with van der Waals surface area (Å²) in [5.74, 6) is -0.379. The van der Waals surface area contributed by atoms with Crippen molar-refractivity contribution in [3.05, 3.63) is 81.6 Å². The molecule has 7 heteroatoms. The van der Waals surface area contributed by atoms with Crippen molar-refractivity contribution in [1.29, 1.82) is 0 Å². The second-order valence-corrected chi connectivity index (χ2v) is 7.64. The van der Waals surface area contributed by atoms with Crippen molar-refractivity contribution in [2.24, 2.45) is 0 Å². The fourth-order valence-electron chi connectivity index (χ4n) is 2.99. The van der Waals surface area contributed by atoms with Crippen LogP contribution in [-0.4, -0.2) is 29.8 Å². The number of imide groups is 2. The van der Waals surface area contributed by atoms with Gasteiger partial charge in [-0.15, -0.1) is 0 Å². The number of carbonyl (C=O) groups excluding carboxylic acids is 3. The lowest BCUT2D eigenvalue weighted by atomic mass is 10.1. The number of urea groups is 1. The van der Waals surface area contributed by atoms with E-state index in [0.29, 0.717) is 17.2 Å². The Morgan fingerprint density at radius 1 is 0.862 bits per heavy atom. The molecule has 0 radical (unpaired) electrons. The summed E-state index contributed by atoms with van der Waals surface area (Å²) >= 11 is 2.22. The lowest BCUT2D eigenvalue weighted by molar-refractivity contribution is -0.128. The molecule has 0 spiro atoms. The van der Waals surface area contributed by atoms with Gasteiger partial charge < -0.3 is 4.42 Å². The largest absolute Gasteiger partial charge is 0.457 e. The molecular weight excluding hydrogens is 483 g/mol. The Hall–Kier alpha value is -3.20. The van der Waals surface area contributed by atoms with Crippen LogP contribution in [0, 0.1) is 3.57 Å². The van der Waals surface area contributed by atoms with Crippen LogP contribution in [0.15, 0.2) is 76.7 Å². The molecular formula is C22H15IN2O4. The number of benzene rings is 2. The van der Waals surface area contributed by atoms with Crippen molar-refractivity contribution in [1.82, 2.24) is 4.90 Å². The summed E-state index contributed by atoms with van der Waals surface area (Å²) in [7, 11) is 1.35. The Bertz CT molecular complexity index is 1130. The first-order valence-corrected chi connectivity index (χ1v) is 9.82. The van der Waals surface area contributed by atoms with E-state index in [9.17, 15) is 14.4 Å². The standard InChI is InChI=1S/C22H15IN2O4/c1-24-20(26)18(21(27)25(22(24)28)16-5-3-2-4-6-16)13-17-11-12-19(29-17)14-7-9-15(23)10-8-14/h2-13H,1H3/b18-13+. The predicted octanol–water partition coefficient (Wildman–Crippen LogP) is 4.56. The molecule has 0 atom stereocenters. The van der Waals surface area contributed by atoms with Crippen molar-refractivity contribution in [2.45, 2.75) is 0 Å². The van der Waals surface area contributed by atoms with Gasteiger partial charge in [0.1, 0.15) is 17.1 Å². The van der Waals surface area contributed by atoms with Gasteiger partial charge in [0.2, 0.25) is 0 Å². The number of furan rings is 1. The number of nitrogens with zero attached hydrogens (tertiary/aromatic N) is 2. The molecule has 1 aliphatic rings. The highest BCUT2D eigenvalue weighted by atomic mass is 127. The number of anilines is 1. The minimum Gasteiger partial charge on any atom is -0.457 e. The summed E-state index contributed by atoms with van der Waals surface area (Å²) in [6.45, 7) is 0. The van der Waals surface area contributed by atoms with Crippen LogP contribution in [0.4, 0.5) is 10.5 Å². The molecule has 0 bridgehead atoms. The third-order valence-electron chi connectivity index (χ3n) is 4.50. The first-order valence-electron chi connectivity index (χ1n) is 8.74. The van der Waals surface area contributed by atoms with Gasteiger partial charge in [0.05, 0.1) is 5.69 Å². The third kappa shape index (κ3) is 3.61. The van der Waals surface area contributed by atoms with Gasteiger partial charge in [-0.3, -0.25) is 14.5 Å². The molecule has 3 aromatic rings. The van der Waals surface area contributed by atoms with Crippen molar-refractivity contribution < 1.29 is 18.8 Å². The molecule has 4 amide bonds. The highest BCUT2D eigenvalue weighted by Gasteiger charge is 2.41. The van der Waals surface area contributed by atoms with Gasteiger partial charge in [0.25, 0.3) is 11.8 Å². The molecule has 0 aliphatic carbocycles. The fraction of sp³-hybridized carbons (Fsp3) is 0.0455. The topological polar surface area (TPSA) is 70.8 Å². The lowest BCUT2D eigenvalue weighted by Crippen LogP contribution is -2.55. The number of para-hydroxylation sites is 1. The zero-order valence-electron chi connectivity index (χ0n) is 15.3. The Labute approximate surface area is 180 Å². The smallest absolute Gasteiger partial charge is 0.338 e. The summed E-state index contributed by atoms with van der Waals surface area (Å²) < 4.78 is 6.91. The first kappa shape index (κ1) is 19.1. The number of rotatable bonds is 3. The van der Waals surface area contributed by atoms with E-state index in [1.807, 2.05) is 24.3 Å². The summed E-state index contributed by atoms with van der Waals surface area (Å²) in [5, 5.41) is 0. The maximum atomic E-state index is 13.0. The number of hydrogen-bond donors (Lipinski definition) is 0. The van der Waals surface area contributed by atoms with Crippen molar-refractivity contribution in [3.8, 4) is 11.3 Å². The normalized spacial score (nSPS) is 16.1. The summed E-state index contributed by atoms with van der Waals surface area (Å²) in [6.07, 6.45) is 1.37. The zero-order valence-corrected chi connectivity index (χ0v) is 17.5. The number of halogens is 1. The number of amides is 4. The average Bonchev–Trinajstić information content (AvgIpc) is 3.20. The van der Waals surface area contributed by atoms with E-state index in [1.165, 1.54) is 13.1 Å². The van der Waals surface area contributed by atoms with Gasteiger partial charge in [0, 0.05) is 16.2 Å². The minimum atomic E-state index is -0.692. The van der Waals surface area contributed by atoms with E-state index >= 15 is 0 Å². The molecule has 29 heavy (non-hydrogen) atoms. The quantitative estimate of drug-likeness (QED) is 0.302. The van der Waals surface area contributed by atoms with E-state index in [2.05, 4.69) is 22.6 Å². The summed E-state index contributed by atoms with van der Waals surface area (Å²) in [6, 6.07) is 19.0. The molecule has 2 heterocycles. The van der Waals surface area contributed by atoms with Crippen LogP contribution in [0.2, 0.25) is 0 Å². The van der Waals surface area contributed by atoms with Gasteiger partial charge in [-0.05, 0) is 65.1 Å². The Balaban J connectivity index is 1.70. The van der Waals surface area contributed by atoms with Crippen LogP contribution in [0.25, 0.3) is 17.4 Å². The van der Waals surface area contributed by atoms with Crippen LogP contribution in [0.5, 0.6) is 0 Å². The van der Waals surface area contributed by atoms with E-state index in [4.69, 9.17) is 4.42 Å². The number of hydrogen-bond acceptors (Lipinski definition) is 4. The predicted molar refractivity (Wildman–Crippen MR) is 117 cm³/mol. The van der Waals surface area contributed by atoms with Crippen LogP contribution >= 0.6 is 22.6 Å². The molecule has 2 aromatic carbocycles. The average molecular weight is 498 g/mol. The molecule has 0 unspecified atom stereocenters. The van der Waals surface area contributed by atoms with Gasteiger partial charge >= 0.3 is 6.03 Å². The summed E-state index contributed by atoms with van der Waals surface area (Å²) in [4.78, 5) is 40.0. The molecule has 1 aromatic heterocycles. The van der Waals surface area contributed by atoms with E-state index in [1.54, 1.807) is 42.5 Å². The van der Waals surface area contributed by atoms with E-state index in [0.717, 1.165) is 18.9 Å². The highest BCUT2D eigenvalue weighted by molar-refractivity contribution is 14.1. The molecule has 1 saturated heterocycles. The van der Waals surface area contributed by atoms with Gasteiger partial charge in [-0.25, -0.2) is 9.69 Å². The van der Waals surface area contributed by atoms with Crippen molar-refractivity contribution >= 4 is 52.2 Å². The molecule has 1 fully saturated rings. The van der Waals surface area contributed by atoms with Gasteiger partial charge in [-0.1, -0.05) is 30.3 Å². The van der Waals surface area contributed by atoms with Crippen LogP contribution in [-0.2, 0) is 9.59 Å². The first-order chi connectivity index (χ1) is 14.0. The fourth-order valence-corrected chi connectivity index (χ4v) is 3.35. The maximum absolute atomic E-state index is 13.0. The van der Waals surface area contributed by atoms with Crippen molar-refractivity contribution in [3.63, 3.8) is 0 Å². The molecule has 0 saturated carbocycles. The maximum Gasteiger partial charge on any atom is 0.338 e. The second kappa shape index (κ2) is 7.67. The van der Waals surface area contributed by atoms with Gasteiger partial charge in [0.15, 0.2) is 0 Å². The number of likely N-dealkylation sites (N-methyl/N-ethyl adjacent to an activating group) is 1. The summed E-state index contributed by atoms with van der Waals surface area (Å²) in [5.41, 5.74) is 1.14.